The first-order valence-electron chi connectivity index (χ1n) is 10.1. The quantitative estimate of drug-likeness (QED) is 0.336. The normalized spacial score (nSPS) is 12.7. The van der Waals surface area contributed by atoms with Gasteiger partial charge in [0, 0.05) is 23.4 Å². The molecule has 0 radical (unpaired) electrons. The van der Waals surface area contributed by atoms with Crippen LogP contribution in [0.5, 0.6) is 11.5 Å². The highest BCUT2D eigenvalue weighted by Gasteiger charge is 2.32. The first-order chi connectivity index (χ1) is 16.3. The molecule has 0 bridgehead atoms. The van der Waals surface area contributed by atoms with Crippen molar-refractivity contribution >= 4 is 17.5 Å². The van der Waals surface area contributed by atoms with Crippen molar-refractivity contribution in [2.45, 2.75) is 32.6 Å². The smallest absolute Gasteiger partial charge is 0.406 e. The van der Waals surface area contributed by atoms with Gasteiger partial charge in [-0.15, -0.1) is 26.3 Å². The van der Waals surface area contributed by atoms with Crippen LogP contribution in [0, 0.1) is 6.92 Å². The Morgan fingerprint density at radius 1 is 0.914 bits per heavy atom. The molecule has 0 aliphatic carbocycles. The fraction of sp³-hybridized carbons (Fsp3) is 0.273. The minimum Gasteiger partial charge on any atom is -0.406 e. The largest absolute Gasteiger partial charge is 0.573 e. The van der Waals surface area contributed by atoms with Gasteiger partial charge in [-0.3, -0.25) is 0 Å². The van der Waals surface area contributed by atoms with Crippen molar-refractivity contribution in [3.63, 3.8) is 0 Å². The van der Waals surface area contributed by atoms with E-state index in [0.29, 0.717) is 11.3 Å². The van der Waals surface area contributed by atoms with E-state index in [9.17, 15) is 31.4 Å². The minimum absolute atomic E-state index is 0.0587. The summed E-state index contributed by atoms with van der Waals surface area (Å²) >= 11 is 0. The average molecular weight is 502 g/mol. The van der Waals surface area contributed by atoms with Crippen LogP contribution in [0.15, 0.2) is 48.5 Å². The highest BCUT2D eigenvalue weighted by Crippen LogP contribution is 2.31. The molecular formula is C22H20F6N4O3. The molecule has 0 aliphatic rings. The third-order valence-corrected chi connectivity index (χ3v) is 4.43. The highest BCUT2D eigenvalue weighted by atomic mass is 19.4. The first kappa shape index (κ1) is 25.9. The van der Waals surface area contributed by atoms with Gasteiger partial charge in [-0.05, 0) is 49.7 Å². The van der Waals surface area contributed by atoms with Crippen molar-refractivity contribution in [2.75, 3.05) is 17.2 Å². The number of anilines is 3. The first-order valence-corrected chi connectivity index (χ1v) is 10.1. The Labute approximate surface area is 195 Å². The zero-order valence-electron chi connectivity index (χ0n) is 18.3. The maximum Gasteiger partial charge on any atom is 0.573 e. The minimum atomic E-state index is -4.88. The van der Waals surface area contributed by atoms with Crippen molar-refractivity contribution in [3.05, 3.63) is 54.1 Å². The van der Waals surface area contributed by atoms with Crippen molar-refractivity contribution < 1.29 is 40.9 Å². The lowest BCUT2D eigenvalue weighted by atomic mass is 10.1. The maximum absolute atomic E-state index is 12.6. The van der Waals surface area contributed by atoms with Crippen molar-refractivity contribution in [3.8, 4) is 22.8 Å². The summed E-state index contributed by atoms with van der Waals surface area (Å²) in [6, 6.07) is 9.82. The van der Waals surface area contributed by atoms with Crippen molar-refractivity contribution in [1.29, 1.82) is 0 Å². The molecule has 3 aromatic rings. The molecule has 1 atom stereocenters. The highest BCUT2D eigenvalue weighted by molar-refractivity contribution is 5.69. The second kappa shape index (κ2) is 10.3. The summed E-state index contributed by atoms with van der Waals surface area (Å²) in [6.07, 6.45) is -9.71. The van der Waals surface area contributed by atoms with E-state index < -0.39 is 30.3 Å². The molecule has 0 fully saturated rings. The Bertz CT molecular complexity index is 1170. The van der Waals surface area contributed by atoms with E-state index in [-0.39, 0.29) is 29.6 Å². The monoisotopic (exact) mass is 502 g/mol. The number of rotatable bonds is 8. The molecule has 3 N–H and O–H groups in total. The molecule has 7 nitrogen and oxygen atoms in total. The molecule has 13 heteroatoms. The number of aliphatic hydroxyl groups is 1. The number of aliphatic hydroxyl groups excluding tert-OH is 1. The summed E-state index contributed by atoms with van der Waals surface area (Å²) in [5.41, 5.74) is 1.31. The van der Waals surface area contributed by atoms with Gasteiger partial charge >= 0.3 is 12.7 Å². The van der Waals surface area contributed by atoms with Gasteiger partial charge in [0.05, 0.1) is 12.3 Å². The van der Waals surface area contributed by atoms with Crippen LogP contribution in [-0.4, -0.2) is 40.4 Å². The lowest BCUT2D eigenvalue weighted by molar-refractivity contribution is -0.275. The fourth-order valence-corrected chi connectivity index (χ4v) is 2.95. The molecule has 0 spiro atoms. The number of alkyl halides is 6. The van der Waals surface area contributed by atoms with Gasteiger partial charge in [-0.2, -0.15) is 4.98 Å². The van der Waals surface area contributed by atoms with E-state index in [2.05, 4.69) is 30.1 Å². The van der Waals surface area contributed by atoms with E-state index in [1.165, 1.54) is 30.3 Å². The summed E-state index contributed by atoms with van der Waals surface area (Å²) in [5.74, 6) is -0.595. The maximum atomic E-state index is 12.6. The number of nitrogens with zero attached hydrogens (tertiary/aromatic N) is 2. The van der Waals surface area contributed by atoms with E-state index >= 15 is 0 Å². The molecule has 2 aromatic carbocycles. The van der Waals surface area contributed by atoms with Crippen LogP contribution in [0.4, 0.5) is 43.8 Å². The summed E-state index contributed by atoms with van der Waals surface area (Å²) in [5, 5.41) is 15.1. The zero-order chi connectivity index (χ0) is 25.8. The van der Waals surface area contributed by atoms with Gasteiger partial charge in [0.1, 0.15) is 17.3 Å². The van der Waals surface area contributed by atoms with Gasteiger partial charge in [-0.25, -0.2) is 4.98 Å². The van der Waals surface area contributed by atoms with Crippen molar-refractivity contribution in [1.82, 2.24) is 9.97 Å². The summed E-state index contributed by atoms with van der Waals surface area (Å²) in [4.78, 5) is 8.57. The number of benzene rings is 2. The topological polar surface area (TPSA) is 88.5 Å². The Morgan fingerprint density at radius 3 is 2.17 bits per heavy atom. The second-order valence-electron chi connectivity index (χ2n) is 7.42. The summed E-state index contributed by atoms with van der Waals surface area (Å²) in [6.45, 7) is 2.97. The van der Waals surface area contributed by atoms with Crippen LogP contribution >= 0.6 is 0 Å². The van der Waals surface area contributed by atoms with E-state index in [1.807, 2.05) is 0 Å². The molecule has 188 valence electrons. The molecule has 3 rings (SSSR count). The van der Waals surface area contributed by atoms with E-state index in [4.69, 9.17) is 0 Å². The van der Waals surface area contributed by atoms with Crippen LogP contribution in [0.1, 0.15) is 12.5 Å². The standard InChI is InChI=1S/C22H20F6N4O3/c1-12-8-16(35-22(26,27)28)6-7-17(12)30-19-10-18(31-20(32-19)29-13(2)11-33)14-4-3-5-15(9-14)34-21(23,24)25/h3-10,13,33H,11H2,1-2H3,(H2,29,30,31,32)/t13-/m1/s1. The number of aryl methyl sites for hydroxylation is 1. The number of halogens is 6. The second-order valence-corrected chi connectivity index (χ2v) is 7.42. The number of aromatic nitrogens is 2. The number of nitrogens with one attached hydrogen (secondary N) is 2. The Balaban J connectivity index is 1.96. The molecule has 0 aliphatic heterocycles. The number of ether oxygens (including phenoxy) is 2. The molecule has 1 aromatic heterocycles. The molecule has 35 heavy (non-hydrogen) atoms. The molecule has 0 saturated heterocycles. The van der Waals surface area contributed by atoms with E-state index in [1.54, 1.807) is 13.8 Å². The van der Waals surface area contributed by atoms with Gasteiger partial charge < -0.3 is 25.2 Å². The van der Waals surface area contributed by atoms with Gasteiger partial charge in [0.2, 0.25) is 5.95 Å². The Kier molecular flexibility index (Phi) is 7.58. The van der Waals surface area contributed by atoms with Gasteiger partial charge in [-0.1, -0.05) is 12.1 Å². The van der Waals surface area contributed by atoms with Crippen LogP contribution in [-0.2, 0) is 0 Å². The molecule has 0 amide bonds. The zero-order valence-corrected chi connectivity index (χ0v) is 18.3. The van der Waals surface area contributed by atoms with Gasteiger partial charge in [0.25, 0.3) is 0 Å². The fourth-order valence-electron chi connectivity index (χ4n) is 2.95. The van der Waals surface area contributed by atoms with E-state index in [0.717, 1.165) is 18.2 Å². The third kappa shape index (κ3) is 7.91. The summed E-state index contributed by atoms with van der Waals surface area (Å²) < 4.78 is 83.2. The average Bonchev–Trinajstić information content (AvgIpc) is 2.73. The van der Waals surface area contributed by atoms with Crippen LogP contribution in [0.2, 0.25) is 0 Å². The van der Waals surface area contributed by atoms with Crippen LogP contribution in [0.25, 0.3) is 11.3 Å². The third-order valence-electron chi connectivity index (χ3n) is 4.43. The van der Waals surface area contributed by atoms with Gasteiger partial charge in [0.15, 0.2) is 0 Å². The predicted octanol–water partition coefficient (Wildman–Crippen LogP) is 5.79. The Morgan fingerprint density at radius 2 is 1.57 bits per heavy atom. The predicted molar refractivity (Wildman–Crippen MR) is 115 cm³/mol. The Hall–Kier alpha value is -3.74. The lowest BCUT2D eigenvalue weighted by Gasteiger charge is -2.16. The SMILES string of the molecule is Cc1cc(OC(F)(F)F)ccc1Nc1cc(-c2cccc(OC(F)(F)F)c2)nc(N[C@H](C)CO)n1. The van der Waals surface area contributed by atoms with Crippen LogP contribution in [0.3, 0.4) is 0 Å². The molecule has 0 saturated carbocycles. The molecular weight excluding hydrogens is 482 g/mol. The van der Waals surface area contributed by atoms with Crippen LogP contribution < -0.4 is 20.1 Å². The van der Waals surface area contributed by atoms with Crippen molar-refractivity contribution in [2.24, 2.45) is 0 Å². The number of hydrogen-bond acceptors (Lipinski definition) is 7. The lowest BCUT2D eigenvalue weighted by Crippen LogP contribution is -2.21. The number of hydrogen-bond donors (Lipinski definition) is 3. The summed E-state index contributed by atoms with van der Waals surface area (Å²) in [7, 11) is 0. The molecule has 0 unspecified atom stereocenters. The molecule has 1 heterocycles.